The van der Waals surface area contributed by atoms with Crippen LogP contribution in [0.25, 0.3) is 0 Å². The molecule has 1 saturated carbocycles. The van der Waals surface area contributed by atoms with Crippen LogP contribution in [0.3, 0.4) is 0 Å². The molecule has 6 N–H and O–H groups in total. The van der Waals surface area contributed by atoms with Gasteiger partial charge in [-0.15, -0.1) is 11.3 Å². The Bertz CT molecular complexity index is 1330. The van der Waals surface area contributed by atoms with E-state index in [1.807, 2.05) is 30.3 Å². The molecule has 0 radical (unpaired) electrons. The molecule has 1 aromatic heterocycles. The molecule has 10 nitrogen and oxygen atoms in total. The molecule has 2 heterocycles. The van der Waals surface area contributed by atoms with E-state index < -0.39 is 6.04 Å². The van der Waals surface area contributed by atoms with Crippen molar-refractivity contribution >= 4 is 34.9 Å². The standard InChI is InChI=1S/C27H27N5O4S.CH4O/c28-25(29)18-10-21(37-15-18)13-30-27(35)23-12-17-11-22(17)32(23)24(33)14-31-26(34)16-6-8-20(9-7-16)36-19-4-2-1-3-5-19;1-2/h1-10,15,17,22-23H,11-14H2,(H3,28,29)(H,30,35)(H,31,34);2H,1H3. The Balaban J connectivity index is 0.00000172. The maximum atomic E-state index is 13.0. The van der Waals surface area contributed by atoms with Gasteiger partial charge in [-0.2, -0.15) is 0 Å². The number of nitrogens with one attached hydrogen (secondary N) is 3. The van der Waals surface area contributed by atoms with Gasteiger partial charge in [0.1, 0.15) is 23.4 Å². The van der Waals surface area contributed by atoms with E-state index in [1.165, 1.54) is 11.3 Å². The fourth-order valence-electron chi connectivity index (χ4n) is 4.60. The largest absolute Gasteiger partial charge is 0.457 e. The lowest BCUT2D eigenvalue weighted by molar-refractivity contribution is -0.139. The van der Waals surface area contributed by atoms with E-state index in [1.54, 1.807) is 40.6 Å². The number of ether oxygens (including phenoxy) is 1. The summed E-state index contributed by atoms with van der Waals surface area (Å²) in [4.78, 5) is 41.1. The Morgan fingerprint density at radius 2 is 1.72 bits per heavy atom. The summed E-state index contributed by atoms with van der Waals surface area (Å²) in [6.07, 6.45) is 1.52. The van der Waals surface area contributed by atoms with E-state index in [4.69, 9.17) is 21.0 Å². The van der Waals surface area contributed by atoms with Gasteiger partial charge in [0.25, 0.3) is 5.91 Å². The first kappa shape index (κ1) is 27.8. The topological polar surface area (TPSA) is 158 Å². The molecule has 39 heavy (non-hydrogen) atoms. The molecule has 2 aromatic carbocycles. The fourth-order valence-corrected chi connectivity index (χ4v) is 5.43. The number of hydrogen-bond acceptors (Lipinski definition) is 7. The number of amides is 3. The SMILES string of the molecule is CO.N=C(N)c1csc(CNC(=O)C2CC3CC3N2C(=O)CNC(=O)c2ccc(Oc3ccccc3)cc2)c1. The van der Waals surface area contributed by atoms with E-state index >= 15 is 0 Å². The summed E-state index contributed by atoms with van der Waals surface area (Å²) in [5, 5.41) is 21.9. The van der Waals surface area contributed by atoms with E-state index in [2.05, 4.69) is 10.6 Å². The Hall–Kier alpha value is -4.22. The number of nitrogens with two attached hydrogens (primary N) is 1. The monoisotopic (exact) mass is 549 g/mol. The number of para-hydroxylation sites is 1. The number of aliphatic hydroxyl groups excluding tert-OH is 1. The second-order valence-corrected chi connectivity index (χ2v) is 10.2. The van der Waals surface area contributed by atoms with E-state index in [-0.39, 0.29) is 36.1 Å². The molecule has 11 heteroatoms. The minimum atomic E-state index is -0.546. The van der Waals surface area contributed by atoms with Crippen LogP contribution in [-0.2, 0) is 16.1 Å². The first-order valence-electron chi connectivity index (χ1n) is 12.5. The van der Waals surface area contributed by atoms with Gasteiger partial charge in [-0.25, -0.2) is 0 Å². The van der Waals surface area contributed by atoms with Gasteiger partial charge >= 0.3 is 0 Å². The lowest BCUT2D eigenvalue weighted by Crippen LogP contribution is -2.50. The van der Waals surface area contributed by atoms with Crippen LogP contribution in [0.4, 0.5) is 0 Å². The third-order valence-corrected chi connectivity index (χ3v) is 7.53. The Kier molecular flexibility index (Phi) is 8.95. The van der Waals surface area contributed by atoms with Crippen LogP contribution < -0.4 is 21.1 Å². The molecule has 3 aromatic rings. The van der Waals surface area contributed by atoms with Gasteiger partial charge in [0.2, 0.25) is 11.8 Å². The van der Waals surface area contributed by atoms with Crippen molar-refractivity contribution in [3.05, 3.63) is 82.0 Å². The summed E-state index contributed by atoms with van der Waals surface area (Å²) in [7, 11) is 1.00. The number of likely N-dealkylation sites (tertiary alicyclic amines) is 1. The highest BCUT2D eigenvalue weighted by Crippen LogP contribution is 2.47. The molecule has 5 rings (SSSR count). The van der Waals surface area contributed by atoms with E-state index in [0.29, 0.717) is 41.5 Å². The number of fused-ring (bicyclic) bond motifs is 1. The third kappa shape index (κ3) is 6.81. The lowest BCUT2D eigenvalue weighted by Gasteiger charge is -2.27. The molecule has 204 valence electrons. The number of piperidine rings is 1. The molecule has 2 fully saturated rings. The van der Waals surface area contributed by atoms with E-state index in [9.17, 15) is 14.4 Å². The molecule has 3 amide bonds. The number of thiophene rings is 1. The minimum absolute atomic E-state index is 0.0139. The molecule has 1 aliphatic carbocycles. The number of amidine groups is 1. The molecule has 1 aliphatic heterocycles. The molecule has 3 atom stereocenters. The fraction of sp³-hybridized carbons (Fsp3) is 0.286. The quantitative estimate of drug-likeness (QED) is 0.204. The number of benzene rings is 2. The highest BCUT2D eigenvalue weighted by atomic mass is 32.1. The first-order chi connectivity index (χ1) is 18.9. The molecule has 0 bridgehead atoms. The molecule has 3 unspecified atom stereocenters. The van der Waals surface area contributed by atoms with Gasteiger partial charge in [0.05, 0.1) is 13.1 Å². The van der Waals surface area contributed by atoms with Crippen molar-refractivity contribution in [2.45, 2.75) is 31.5 Å². The number of rotatable bonds is 9. The van der Waals surface area contributed by atoms with Gasteiger partial charge in [-0.05, 0) is 61.2 Å². The molecule has 1 saturated heterocycles. The Labute approximate surface area is 230 Å². The summed E-state index contributed by atoms with van der Waals surface area (Å²) < 4.78 is 5.74. The summed E-state index contributed by atoms with van der Waals surface area (Å²) in [6.45, 7) is 0.131. The molecule has 2 aliphatic rings. The second kappa shape index (κ2) is 12.5. The zero-order valence-corrected chi connectivity index (χ0v) is 22.2. The number of nitrogen functional groups attached to an aromatic ring is 1. The van der Waals surface area contributed by atoms with Crippen molar-refractivity contribution in [1.29, 1.82) is 5.41 Å². The van der Waals surface area contributed by atoms with Gasteiger partial charge in [0, 0.05) is 34.5 Å². The van der Waals surface area contributed by atoms with Crippen LogP contribution in [0.15, 0.2) is 66.0 Å². The van der Waals surface area contributed by atoms with Gasteiger partial charge in [0.15, 0.2) is 0 Å². The predicted molar refractivity (Wildman–Crippen MR) is 148 cm³/mol. The first-order valence-corrected chi connectivity index (χ1v) is 13.3. The number of carbonyl (C=O) groups is 3. The average Bonchev–Trinajstić information content (AvgIpc) is 3.36. The third-order valence-electron chi connectivity index (χ3n) is 6.59. The maximum absolute atomic E-state index is 13.0. The zero-order valence-electron chi connectivity index (χ0n) is 21.4. The van der Waals surface area contributed by atoms with Crippen LogP contribution in [0.2, 0.25) is 0 Å². The normalized spacial score (nSPS) is 18.7. The van der Waals surface area contributed by atoms with Crippen molar-refractivity contribution in [2.75, 3.05) is 13.7 Å². The van der Waals surface area contributed by atoms with Crippen molar-refractivity contribution in [2.24, 2.45) is 11.7 Å². The Morgan fingerprint density at radius 3 is 2.38 bits per heavy atom. The summed E-state index contributed by atoms with van der Waals surface area (Å²) >= 11 is 1.42. The van der Waals surface area contributed by atoms with Crippen molar-refractivity contribution in [1.82, 2.24) is 15.5 Å². The lowest BCUT2D eigenvalue weighted by atomic mass is 10.1. The van der Waals surface area contributed by atoms with Crippen molar-refractivity contribution in [3.8, 4) is 11.5 Å². The number of nitrogens with zero attached hydrogens (tertiary/aromatic N) is 1. The minimum Gasteiger partial charge on any atom is -0.457 e. The average molecular weight is 550 g/mol. The van der Waals surface area contributed by atoms with Crippen LogP contribution >= 0.6 is 11.3 Å². The summed E-state index contributed by atoms with van der Waals surface area (Å²) in [6, 6.07) is 17.3. The second-order valence-electron chi connectivity index (χ2n) is 9.17. The van der Waals surface area contributed by atoms with Crippen LogP contribution in [0, 0.1) is 11.3 Å². The van der Waals surface area contributed by atoms with Crippen molar-refractivity contribution in [3.63, 3.8) is 0 Å². The highest BCUT2D eigenvalue weighted by molar-refractivity contribution is 7.10. The smallest absolute Gasteiger partial charge is 0.251 e. The zero-order chi connectivity index (χ0) is 27.9. The number of hydrogen-bond donors (Lipinski definition) is 5. The van der Waals surface area contributed by atoms with Gasteiger partial charge in [-0.1, -0.05) is 18.2 Å². The molecule has 0 spiro atoms. The predicted octanol–water partition coefficient (Wildman–Crippen LogP) is 2.47. The Morgan fingerprint density at radius 1 is 1.03 bits per heavy atom. The van der Waals surface area contributed by atoms with Crippen LogP contribution in [0.1, 0.15) is 33.6 Å². The molecular formula is C28H31N5O5S. The number of aliphatic hydroxyl groups is 1. The van der Waals surface area contributed by atoms with E-state index in [0.717, 1.165) is 18.4 Å². The van der Waals surface area contributed by atoms with Crippen LogP contribution in [-0.4, -0.2) is 59.3 Å². The van der Waals surface area contributed by atoms with Gasteiger partial charge in [-0.3, -0.25) is 19.8 Å². The van der Waals surface area contributed by atoms with Crippen LogP contribution in [0.5, 0.6) is 11.5 Å². The molecular weight excluding hydrogens is 518 g/mol. The summed E-state index contributed by atoms with van der Waals surface area (Å²) in [5.74, 6) is 0.773. The maximum Gasteiger partial charge on any atom is 0.251 e. The van der Waals surface area contributed by atoms with Gasteiger partial charge < -0.3 is 31.1 Å². The van der Waals surface area contributed by atoms with Crippen molar-refractivity contribution < 1.29 is 24.2 Å². The summed E-state index contributed by atoms with van der Waals surface area (Å²) in [5.41, 5.74) is 6.54. The number of carbonyl (C=O) groups excluding carboxylic acids is 3. The highest BCUT2D eigenvalue weighted by Gasteiger charge is 2.55.